The van der Waals surface area contributed by atoms with E-state index < -0.39 is 15.4 Å². The second-order valence-electron chi connectivity index (χ2n) is 8.07. The molecule has 4 nitrogen and oxygen atoms in total. The highest BCUT2D eigenvalue weighted by Gasteiger charge is 2.27. The monoisotopic (exact) mass is 328 g/mol. The van der Waals surface area contributed by atoms with Crippen molar-refractivity contribution in [3.8, 4) is 5.75 Å². The van der Waals surface area contributed by atoms with Crippen LogP contribution in [0.15, 0.2) is 12.1 Å². The van der Waals surface area contributed by atoms with Crippen LogP contribution in [0.3, 0.4) is 0 Å². The Kier molecular flexibility index (Phi) is 5.05. The number of hydrogen-bond donors (Lipinski definition) is 2. The molecule has 0 spiro atoms. The van der Waals surface area contributed by atoms with Crippen LogP contribution in [-0.2, 0) is 27.4 Å². The lowest BCUT2D eigenvalue weighted by molar-refractivity contribution is 0.422. The number of aromatic hydroxyl groups is 1. The van der Waals surface area contributed by atoms with Gasteiger partial charge in [0.2, 0.25) is 0 Å². The third-order valence-corrected chi connectivity index (χ3v) is 5.00. The predicted molar refractivity (Wildman–Crippen MR) is 90.2 cm³/mol. The van der Waals surface area contributed by atoms with E-state index in [1.54, 1.807) is 0 Å². The van der Waals surface area contributed by atoms with Gasteiger partial charge in [0.05, 0.1) is 5.25 Å². The van der Waals surface area contributed by atoms with Crippen molar-refractivity contribution in [2.45, 2.75) is 71.0 Å². The van der Waals surface area contributed by atoms with Crippen molar-refractivity contribution in [3.63, 3.8) is 0 Å². The maximum absolute atomic E-state index is 11.3. The van der Waals surface area contributed by atoms with Gasteiger partial charge < -0.3 is 5.11 Å². The van der Waals surface area contributed by atoms with Crippen LogP contribution < -0.4 is 0 Å². The number of phenolic OH excluding ortho intramolecular Hbond substituents is 1. The van der Waals surface area contributed by atoms with Crippen LogP contribution in [0.5, 0.6) is 5.75 Å². The summed E-state index contributed by atoms with van der Waals surface area (Å²) in [4.78, 5) is 0. The highest BCUT2D eigenvalue weighted by molar-refractivity contribution is 7.86. The summed E-state index contributed by atoms with van der Waals surface area (Å²) in [6.45, 7) is 13.5. The molecule has 0 radical (unpaired) electrons. The molecule has 2 N–H and O–H groups in total. The summed E-state index contributed by atoms with van der Waals surface area (Å²) in [5, 5.41) is 9.73. The van der Waals surface area contributed by atoms with Crippen molar-refractivity contribution >= 4 is 10.1 Å². The highest BCUT2D eigenvalue weighted by Crippen LogP contribution is 2.40. The van der Waals surface area contributed by atoms with Crippen LogP contribution in [-0.4, -0.2) is 23.3 Å². The van der Waals surface area contributed by atoms with E-state index in [0.717, 1.165) is 16.7 Å². The van der Waals surface area contributed by atoms with Crippen molar-refractivity contribution in [1.82, 2.24) is 0 Å². The Balaban J connectivity index is 3.49. The summed E-state index contributed by atoms with van der Waals surface area (Å²) in [6, 6.07) is 3.68. The lowest BCUT2D eigenvalue weighted by atomic mass is 9.78. The van der Waals surface area contributed by atoms with E-state index in [4.69, 9.17) is 0 Å². The van der Waals surface area contributed by atoms with Crippen LogP contribution in [0, 0.1) is 0 Å². The Hall–Kier alpha value is -1.07. The van der Waals surface area contributed by atoms with E-state index in [2.05, 4.69) is 0 Å². The summed E-state index contributed by atoms with van der Waals surface area (Å²) in [6.07, 6.45) is 0.214. The SMILES string of the molecule is CC(Cc1cc(C(C)(C)C)c(O)c(C(C)(C)C)c1)S(=O)(=O)O. The maximum Gasteiger partial charge on any atom is 0.267 e. The molecule has 5 heteroatoms. The second-order valence-corrected chi connectivity index (χ2v) is 9.90. The zero-order valence-electron chi connectivity index (χ0n) is 14.6. The molecular weight excluding hydrogens is 300 g/mol. The molecule has 1 aromatic carbocycles. The summed E-state index contributed by atoms with van der Waals surface area (Å²) in [7, 11) is -4.07. The van der Waals surface area contributed by atoms with Crippen molar-refractivity contribution in [2.75, 3.05) is 0 Å². The quantitative estimate of drug-likeness (QED) is 0.828. The molecule has 0 heterocycles. The summed E-state index contributed by atoms with van der Waals surface area (Å²) >= 11 is 0. The van der Waals surface area contributed by atoms with Gasteiger partial charge in [0, 0.05) is 0 Å². The van der Waals surface area contributed by atoms with E-state index >= 15 is 0 Å². The van der Waals surface area contributed by atoms with Gasteiger partial charge in [0.25, 0.3) is 10.1 Å². The highest BCUT2D eigenvalue weighted by atomic mass is 32.2. The van der Waals surface area contributed by atoms with Gasteiger partial charge >= 0.3 is 0 Å². The molecule has 0 bridgehead atoms. The van der Waals surface area contributed by atoms with E-state index in [1.807, 2.05) is 53.7 Å². The first-order valence-electron chi connectivity index (χ1n) is 7.47. The first-order chi connectivity index (χ1) is 9.64. The molecule has 0 amide bonds. The van der Waals surface area contributed by atoms with Crippen molar-refractivity contribution < 1.29 is 18.1 Å². The van der Waals surface area contributed by atoms with E-state index in [0.29, 0.717) is 0 Å². The topological polar surface area (TPSA) is 74.6 Å². The Morgan fingerprint density at radius 3 is 1.64 bits per heavy atom. The van der Waals surface area contributed by atoms with Crippen LogP contribution in [0.1, 0.15) is 65.2 Å². The molecule has 1 unspecified atom stereocenters. The molecule has 0 saturated carbocycles. The second kappa shape index (κ2) is 5.85. The van der Waals surface area contributed by atoms with Crippen LogP contribution >= 0.6 is 0 Å². The number of hydrogen-bond acceptors (Lipinski definition) is 3. The molecule has 0 saturated heterocycles. The third-order valence-electron chi connectivity index (χ3n) is 3.82. The lowest BCUT2D eigenvalue weighted by Gasteiger charge is -2.28. The average molecular weight is 328 g/mol. The van der Waals surface area contributed by atoms with Gasteiger partial charge in [-0.1, -0.05) is 53.7 Å². The summed E-state index contributed by atoms with van der Waals surface area (Å²) in [5.41, 5.74) is 1.86. The van der Waals surface area contributed by atoms with E-state index in [1.165, 1.54) is 6.92 Å². The fraction of sp³-hybridized carbons (Fsp3) is 0.647. The van der Waals surface area contributed by atoms with Crippen molar-refractivity contribution in [1.29, 1.82) is 0 Å². The van der Waals surface area contributed by atoms with Crippen molar-refractivity contribution in [3.05, 3.63) is 28.8 Å². The molecule has 1 rings (SSSR count). The van der Waals surface area contributed by atoms with Crippen LogP contribution in [0.4, 0.5) is 0 Å². The Labute approximate surface area is 134 Å². The molecule has 126 valence electrons. The zero-order valence-corrected chi connectivity index (χ0v) is 15.4. The minimum Gasteiger partial charge on any atom is -0.507 e. The van der Waals surface area contributed by atoms with Gasteiger partial charge in [-0.15, -0.1) is 0 Å². The molecule has 0 aliphatic heterocycles. The van der Waals surface area contributed by atoms with Gasteiger partial charge in [-0.2, -0.15) is 8.42 Å². The lowest BCUT2D eigenvalue weighted by Crippen LogP contribution is -2.21. The first-order valence-corrected chi connectivity index (χ1v) is 8.97. The molecule has 1 atom stereocenters. The molecule has 1 aromatic rings. The van der Waals surface area contributed by atoms with Crippen LogP contribution in [0.2, 0.25) is 0 Å². The van der Waals surface area contributed by atoms with E-state index in [9.17, 15) is 18.1 Å². The molecule has 0 aromatic heterocycles. The molecule has 22 heavy (non-hydrogen) atoms. The molecule has 0 aliphatic carbocycles. The van der Waals surface area contributed by atoms with Gasteiger partial charge in [0.1, 0.15) is 5.75 Å². The first kappa shape index (κ1) is 19.0. The summed E-state index contributed by atoms with van der Waals surface area (Å²) in [5.74, 6) is 0.267. The number of benzene rings is 1. The Bertz CT molecular complexity index is 611. The fourth-order valence-corrected chi connectivity index (χ4v) is 2.80. The Morgan fingerprint density at radius 2 is 1.36 bits per heavy atom. The van der Waals surface area contributed by atoms with Gasteiger partial charge in [0.15, 0.2) is 0 Å². The fourth-order valence-electron chi connectivity index (χ4n) is 2.39. The Morgan fingerprint density at radius 1 is 1.00 bits per heavy atom. The average Bonchev–Trinajstić information content (AvgIpc) is 2.26. The third kappa shape index (κ3) is 4.46. The maximum atomic E-state index is 11.3. The van der Waals surface area contributed by atoms with Crippen LogP contribution in [0.25, 0.3) is 0 Å². The predicted octanol–water partition coefficient (Wildman–Crippen LogP) is 3.81. The minimum atomic E-state index is -4.07. The molecular formula is C17H28O4S. The van der Waals surface area contributed by atoms with Gasteiger partial charge in [-0.3, -0.25) is 4.55 Å². The molecule has 0 aliphatic rings. The standard InChI is InChI=1S/C17H28O4S/c1-11(22(19,20)21)8-12-9-13(16(2,3)4)15(18)14(10-12)17(5,6)7/h9-11,18H,8H2,1-7H3,(H,19,20,21). The van der Waals surface area contributed by atoms with E-state index in [-0.39, 0.29) is 23.0 Å². The number of rotatable bonds is 3. The smallest absolute Gasteiger partial charge is 0.267 e. The summed E-state index contributed by atoms with van der Waals surface area (Å²) < 4.78 is 31.7. The van der Waals surface area contributed by atoms with Crippen molar-refractivity contribution in [2.24, 2.45) is 0 Å². The number of phenols is 1. The molecule has 0 fully saturated rings. The largest absolute Gasteiger partial charge is 0.507 e. The van der Waals surface area contributed by atoms with Gasteiger partial charge in [-0.05, 0) is 40.9 Å². The van der Waals surface area contributed by atoms with Gasteiger partial charge in [-0.25, -0.2) is 0 Å². The normalized spacial score (nSPS) is 14.9. The minimum absolute atomic E-state index is 0.214. The zero-order chi connectivity index (χ0) is 17.5.